The Hall–Kier alpha value is -2.12. The number of para-hydroxylation sites is 1. The first-order chi connectivity index (χ1) is 12.6. The molecular formula is C19H23BrN4O2. The summed E-state index contributed by atoms with van der Waals surface area (Å²) in [6.07, 6.45) is 1.70. The normalized spacial score (nSPS) is 14.9. The van der Waals surface area contributed by atoms with Gasteiger partial charge in [0.1, 0.15) is 18.2 Å². The lowest BCUT2D eigenvalue weighted by Crippen LogP contribution is -2.47. The lowest BCUT2D eigenvalue weighted by Gasteiger charge is -2.32. The van der Waals surface area contributed by atoms with Crippen molar-refractivity contribution in [3.63, 3.8) is 0 Å². The molecule has 2 heterocycles. The van der Waals surface area contributed by atoms with Gasteiger partial charge in [-0.05, 0) is 41.2 Å². The van der Waals surface area contributed by atoms with Crippen LogP contribution in [0.1, 0.15) is 10.4 Å². The van der Waals surface area contributed by atoms with Crippen molar-refractivity contribution < 1.29 is 9.53 Å². The van der Waals surface area contributed by atoms with Crippen molar-refractivity contribution in [1.82, 2.24) is 14.8 Å². The summed E-state index contributed by atoms with van der Waals surface area (Å²) >= 11 is 3.42. The molecule has 3 rings (SSSR count). The highest BCUT2D eigenvalue weighted by Crippen LogP contribution is 2.20. The first-order valence-corrected chi connectivity index (χ1v) is 9.48. The summed E-state index contributed by atoms with van der Waals surface area (Å²) in [5.41, 5.74) is 0.587. The summed E-state index contributed by atoms with van der Waals surface area (Å²) in [5.74, 6) is 1.43. The van der Waals surface area contributed by atoms with Gasteiger partial charge in [0, 0.05) is 36.8 Å². The number of anilines is 1. The van der Waals surface area contributed by atoms with Gasteiger partial charge in [0.2, 0.25) is 0 Å². The van der Waals surface area contributed by atoms with Gasteiger partial charge in [-0.25, -0.2) is 4.98 Å². The molecule has 2 aromatic rings. The minimum absolute atomic E-state index is 0.0124. The van der Waals surface area contributed by atoms with Crippen molar-refractivity contribution in [2.75, 3.05) is 51.7 Å². The molecule has 7 heteroatoms. The van der Waals surface area contributed by atoms with Crippen molar-refractivity contribution in [1.29, 1.82) is 0 Å². The summed E-state index contributed by atoms with van der Waals surface area (Å²) < 4.78 is 6.47. The molecule has 1 amide bonds. The number of nitrogens with one attached hydrogen (secondary N) is 1. The number of piperazine rings is 1. The number of carbonyl (C=O) groups is 1. The molecule has 1 aromatic heterocycles. The van der Waals surface area contributed by atoms with E-state index in [0.29, 0.717) is 24.5 Å². The van der Waals surface area contributed by atoms with Gasteiger partial charge in [0.05, 0.1) is 12.1 Å². The third kappa shape index (κ3) is 4.95. The molecule has 138 valence electrons. The highest BCUT2D eigenvalue weighted by molar-refractivity contribution is 9.10. The van der Waals surface area contributed by atoms with Gasteiger partial charge in [-0.15, -0.1) is 0 Å². The van der Waals surface area contributed by atoms with Crippen molar-refractivity contribution in [3.05, 3.63) is 52.6 Å². The third-order valence-corrected chi connectivity index (χ3v) is 4.72. The topological polar surface area (TPSA) is 57.7 Å². The molecule has 1 aliphatic heterocycles. The standard InChI is InChI=1S/C19H23BrN4O2/c1-23-8-10-24(11-9-23)19(25)17-13-15(20)14-22-18(17)21-7-12-26-16-5-3-2-4-6-16/h2-6,13-14H,7-12H2,1H3,(H,21,22). The second-order valence-corrected chi connectivity index (χ2v) is 7.15. The van der Waals surface area contributed by atoms with Crippen LogP contribution >= 0.6 is 15.9 Å². The number of nitrogens with zero attached hydrogens (tertiary/aromatic N) is 3. The van der Waals surface area contributed by atoms with E-state index in [-0.39, 0.29) is 5.91 Å². The van der Waals surface area contributed by atoms with Crippen LogP contribution in [0.3, 0.4) is 0 Å². The molecule has 0 bridgehead atoms. The fraction of sp³-hybridized carbons (Fsp3) is 0.368. The number of hydrogen-bond acceptors (Lipinski definition) is 5. The molecule has 0 radical (unpaired) electrons. The van der Waals surface area contributed by atoms with E-state index in [1.165, 1.54) is 0 Å². The average molecular weight is 419 g/mol. The zero-order chi connectivity index (χ0) is 18.4. The third-order valence-electron chi connectivity index (χ3n) is 4.28. The number of halogens is 1. The maximum Gasteiger partial charge on any atom is 0.257 e. The van der Waals surface area contributed by atoms with E-state index in [1.54, 1.807) is 6.20 Å². The Morgan fingerprint density at radius 3 is 2.69 bits per heavy atom. The van der Waals surface area contributed by atoms with E-state index in [4.69, 9.17) is 4.74 Å². The largest absolute Gasteiger partial charge is 0.492 e. The van der Waals surface area contributed by atoms with Crippen LogP contribution in [0.4, 0.5) is 5.82 Å². The van der Waals surface area contributed by atoms with Crippen LogP contribution in [-0.2, 0) is 0 Å². The van der Waals surface area contributed by atoms with Crippen molar-refractivity contribution >= 4 is 27.7 Å². The van der Waals surface area contributed by atoms with Crippen LogP contribution in [0.15, 0.2) is 47.1 Å². The zero-order valence-electron chi connectivity index (χ0n) is 14.8. The van der Waals surface area contributed by atoms with Gasteiger partial charge < -0.3 is 19.9 Å². The first kappa shape index (κ1) is 18.7. The van der Waals surface area contributed by atoms with Gasteiger partial charge >= 0.3 is 0 Å². The average Bonchev–Trinajstić information content (AvgIpc) is 2.67. The maximum absolute atomic E-state index is 12.9. The van der Waals surface area contributed by atoms with Gasteiger partial charge in [0.25, 0.3) is 5.91 Å². The molecule has 1 aromatic carbocycles. The number of rotatable bonds is 6. The van der Waals surface area contributed by atoms with Crippen molar-refractivity contribution in [3.8, 4) is 5.75 Å². The summed E-state index contributed by atoms with van der Waals surface area (Å²) in [6, 6.07) is 11.5. The van der Waals surface area contributed by atoms with Crippen LogP contribution in [0.2, 0.25) is 0 Å². The van der Waals surface area contributed by atoms with Crippen molar-refractivity contribution in [2.45, 2.75) is 0 Å². The molecule has 0 unspecified atom stereocenters. The lowest BCUT2D eigenvalue weighted by molar-refractivity contribution is 0.0664. The van der Waals surface area contributed by atoms with Crippen LogP contribution in [0.25, 0.3) is 0 Å². The molecule has 0 saturated carbocycles. The number of pyridine rings is 1. The molecule has 6 nitrogen and oxygen atoms in total. The van der Waals surface area contributed by atoms with Crippen LogP contribution in [0.5, 0.6) is 5.75 Å². The quantitative estimate of drug-likeness (QED) is 0.730. The van der Waals surface area contributed by atoms with E-state index in [0.717, 1.165) is 36.4 Å². The number of ether oxygens (including phenoxy) is 1. The Labute approximate surface area is 162 Å². The minimum Gasteiger partial charge on any atom is -0.492 e. The number of likely N-dealkylation sites (N-methyl/N-ethyl adjacent to an activating group) is 1. The number of carbonyl (C=O) groups excluding carboxylic acids is 1. The van der Waals surface area contributed by atoms with Gasteiger partial charge in [-0.3, -0.25) is 4.79 Å². The fourth-order valence-corrected chi connectivity index (χ4v) is 3.11. The summed E-state index contributed by atoms with van der Waals surface area (Å²) in [5, 5.41) is 3.22. The van der Waals surface area contributed by atoms with Crippen LogP contribution in [-0.4, -0.2) is 67.1 Å². The SMILES string of the molecule is CN1CCN(C(=O)c2cc(Br)cnc2NCCOc2ccccc2)CC1. The molecule has 1 fully saturated rings. The van der Waals surface area contributed by atoms with E-state index < -0.39 is 0 Å². The Morgan fingerprint density at radius 1 is 1.23 bits per heavy atom. The zero-order valence-corrected chi connectivity index (χ0v) is 16.4. The molecular weight excluding hydrogens is 396 g/mol. The van der Waals surface area contributed by atoms with Gasteiger partial charge in [0.15, 0.2) is 0 Å². The second kappa shape index (κ2) is 9.00. The van der Waals surface area contributed by atoms with E-state index in [1.807, 2.05) is 41.3 Å². The second-order valence-electron chi connectivity index (χ2n) is 6.23. The molecule has 1 N–H and O–H groups in total. The smallest absolute Gasteiger partial charge is 0.257 e. The van der Waals surface area contributed by atoms with Gasteiger partial charge in [-0.2, -0.15) is 0 Å². The lowest BCUT2D eigenvalue weighted by atomic mass is 10.2. The Kier molecular flexibility index (Phi) is 6.46. The number of amides is 1. The van der Waals surface area contributed by atoms with Crippen LogP contribution < -0.4 is 10.1 Å². The highest BCUT2D eigenvalue weighted by Gasteiger charge is 2.23. The van der Waals surface area contributed by atoms with E-state index in [9.17, 15) is 4.79 Å². The number of hydrogen-bond donors (Lipinski definition) is 1. The molecule has 0 atom stereocenters. The number of benzene rings is 1. The summed E-state index contributed by atoms with van der Waals surface area (Å²) in [6.45, 7) is 4.30. The Morgan fingerprint density at radius 2 is 1.96 bits per heavy atom. The van der Waals surface area contributed by atoms with E-state index in [2.05, 4.69) is 38.2 Å². The molecule has 1 aliphatic rings. The predicted octanol–water partition coefficient (Wildman–Crippen LogP) is 2.72. The molecule has 0 aliphatic carbocycles. The maximum atomic E-state index is 12.9. The minimum atomic E-state index is 0.0124. The van der Waals surface area contributed by atoms with Crippen molar-refractivity contribution in [2.24, 2.45) is 0 Å². The Balaban J connectivity index is 1.61. The highest BCUT2D eigenvalue weighted by atomic mass is 79.9. The first-order valence-electron chi connectivity index (χ1n) is 8.68. The molecule has 0 spiro atoms. The predicted molar refractivity (Wildman–Crippen MR) is 106 cm³/mol. The molecule has 1 saturated heterocycles. The number of aromatic nitrogens is 1. The van der Waals surface area contributed by atoms with E-state index >= 15 is 0 Å². The monoisotopic (exact) mass is 418 g/mol. The summed E-state index contributed by atoms with van der Waals surface area (Å²) in [4.78, 5) is 21.4. The summed E-state index contributed by atoms with van der Waals surface area (Å²) in [7, 11) is 2.07. The Bertz CT molecular complexity index is 734. The van der Waals surface area contributed by atoms with Crippen LogP contribution in [0, 0.1) is 0 Å². The van der Waals surface area contributed by atoms with Gasteiger partial charge in [-0.1, -0.05) is 18.2 Å². The fourth-order valence-electron chi connectivity index (χ4n) is 2.78. The molecule has 26 heavy (non-hydrogen) atoms.